The second-order valence-electron chi connectivity index (χ2n) is 3.84. The Kier molecular flexibility index (Phi) is 3.98. The van der Waals surface area contributed by atoms with Gasteiger partial charge in [-0.1, -0.05) is 13.8 Å². The monoisotopic (exact) mass is 171 g/mol. The third-order valence-electron chi connectivity index (χ3n) is 2.74. The lowest BCUT2D eigenvalue weighted by Crippen LogP contribution is -2.50. The highest BCUT2D eigenvalue weighted by molar-refractivity contribution is 4.80. The first-order chi connectivity index (χ1) is 5.77. The average molecular weight is 171 g/mol. The van der Waals surface area contributed by atoms with Crippen LogP contribution < -0.4 is 11.3 Å². The van der Waals surface area contributed by atoms with Gasteiger partial charge in [0.1, 0.15) is 0 Å². The van der Waals surface area contributed by atoms with Gasteiger partial charge in [0.25, 0.3) is 0 Å². The fourth-order valence-corrected chi connectivity index (χ4v) is 2.00. The summed E-state index contributed by atoms with van der Waals surface area (Å²) in [6, 6.07) is 0.526. The first kappa shape index (κ1) is 9.96. The molecule has 1 aliphatic rings. The molecule has 0 aromatic carbocycles. The Bertz CT molecular complexity index is 127. The van der Waals surface area contributed by atoms with Crippen molar-refractivity contribution in [2.75, 3.05) is 19.6 Å². The van der Waals surface area contributed by atoms with Gasteiger partial charge in [-0.2, -0.15) is 0 Å². The van der Waals surface area contributed by atoms with Gasteiger partial charge in [-0.05, 0) is 31.8 Å². The largest absolute Gasteiger partial charge is 0.303 e. The molecule has 0 bridgehead atoms. The van der Waals surface area contributed by atoms with E-state index in [1.807, 2.05) is 0 Å². The van der Waals surface area contributed by atoms with E-state index in [4.69, 9.17) is 5.84 Å². The second kappa shape index (κ2) is 4.80. The zero-order chi connectivity index (χ0) is 8.97. The van der Waals surface area contributed by atoms with Gasteiger partial charge in [-0.15, -0.1) is 0 Å². The van der Waals surface area contributed by atoms with Crippen molar-refractivity contribution >= 4 is 0 Å². The van der Waals surface area contributed by atoms with Crippen LogP contribution in [0, 0.1) is 5.92 Å². The molecule has 3 heteroatoms. The van der Waals surface area contributed by atoms with Crippen molar-refractivity contribution in [3.8, 4) is 0 Å². The minimum Gasteiger partial charge on any atom is -0.303 e. The van der Waals surface area contributed by atoms with Gasteiger partial charge >= 0.3 is 0 Å². The molecule has 0 aliphatic carbocycles. The van der Waals surface area contributed by atoms with Gasteiger partial charge in [0.05, 0.1) is 0 Å². The third-order valence-corrected chi connectivity index (χ3v) is 2.74. The Balaban J connectivity index is 2.30. The van der Waals surface area contributed by atoms with E-state index in [1.54, 1.807) is 0 Å². The van der Waals surface area contributed by atoms with Gasteiger partial charge in [-0.3, -0.25) is 11.3 Å². The van der Waals surface area contributed by atoms with E-state index in [-0.39, 0.29) is 0 Å². The summed E-state index contributed by atoms with van der Waals surface area (Å²) in [4.78, 5) is 2.53. The smallest absolute Gasteiger partial charge is 0.0260 e. The number of nitrogens with two attached hydrogens (primary N) is 1. The van der Waals surface area contributed by atoms with Crippen LogP contribution in [0.4, 0.5) is 0 Å². The third kappa shape index (κ3) is 2.44. The molecule has 0 amide bonds. The number of piperidine rings is 1. The van der Waals surface area contributed by atoms with E-state index in [1.165, 1.54) is 32.5 Å². The van der Waals surface area contributed by atoms with Crippen molar-refractivity contribution in [3.63, 3.8) is 0 Å². The van der Waals surface area contributed by atoms with Crippen LogP contribution in [0.2, 0.25) is 0 Å². The number of hydrogen-bond acceptors (Lipinski definition) is 3. The minimum atomic E-state index is 0.526. The van der Waals surface area contributed by atoms with Crippen LogP contribution in [0.15, 0.2) is 0 Å². The summed E-state index contributed by atoms with van der Waals surface area (Å²) in [6.45, 7) is 8.14. The van der Waals surface area contributed by atoms with Crippen LogP contribution in [-0.4, -0.2) is 30.6 Å². The Morgan fingerprint density at radius 1 is 1.58 bits per heavy atom. The molecule has 1 heterocycles. The summed E-state index contributed by atoms with van der Waals surface area (Å²) >= 11 is 0. The summed E-state index contributed by atoms with van der Waals surface area (Å²) in [5.41, 5.74) is 2.89. The number of hydrogen-bond donors (Lipinski definition) is 2. The SMILES string of the molecule is CCCN1CCC(NN)C(C)C1. The number of nitrogens with zero attached hydrogens (tertiary/aromatic N) is 1. The molecule has 3 N–H and O–H groups in total. The van der Waals surface area contributed by atoms with Crippen molar-refractivity contribution in [1.29, 1.82) is 0 Å². The van der Waals surface area contributed by atoms with Crippen molar-refractivity contribution in [3.05, 3.63) is 0 Å². The molecule has 0 aromatic rings. The summed E-state index contributed by atoms with van der Waals surface area (Å²) < 4.78 is 0. The predicted octanol–water partition coefficient (Wildman–Crippen LogP) is 0.570. The summed E-state index contributed by atoms with van der Waals surface area (Å²) in [7, 11) is 0. The molecule has 1 fully saturated rings. The molecule has 2 unspecified atom stereocenters. The number of likely N-dealkylation sites (tertiary alicyclic amines) is 1. The maximum atomic E-state index is 5.44. The molecule has 2 atom stereocenters. The van der Waals surface area contributed by atoms with Crippen LogP contribution in [-0.2, 0) is 0 Å². The Hall–Kier alpha value is -0.120. The van der Waals surface area contributed by atoms with Crippen molar-refractivity contribution in [1.82, 2.24) is 10.3 Å². The summed E-state index contributed by atoms with van der Waals surface area (Å²) in [6.07, 6.45) is 2.45. The second-order valence-corrected chi connectivity index (χ2v) is 3.84. The molecule has 72 valence electrons. The maximum Gasteiger partial charge on any atom is 0.0260 e. The molecule has 1 rings (SSSR count). The van der Waals surface area contributed by atoms with Crippen molar-refractivity contribution in [2.45, 2.75) is 32.7 Å². The lowest BCUT2D eigenvalue weighted by atomic mass is 9.94. The normalized spacial score (nSPS) is 32.2. The fraction of sp³-hybridized carbons (Fsp3) is 1.00. The van der Waals surface area contributed by atoms with Crippen molar-refractivity contribution < 1.29 is 0 Å². The zero-order valence-electron chi connectivity index (χ0n) is 8.21. The van der Waals surface area contributed by atoms with E-state index in [2.05, 4.69) is 24.2 Å². The van der Waals surface area contributed by atoms with Gasteiger partial charge in [0, 0.05) is 12.6 Å². The van der Waals surface area contributed by atoms with E-state index < -0.39 is 0 Å². The molecular formula is C9H21N3. The van der Waals surface area contributed by atoms with Gasteiger partial charge in [0.2, 0.25) is 0 Å². The van der Waals surface area contributed by atoms with Crippen LogP contribution >= 0.6 is 0 Å². The minimum absolute atomic E-state index is 0.526. The molecule has 3 nitrogen and oxygen atoms in total. The number of nitrogens with one attached hydrogen (secondary N) is 1. The van der Waals surface area contributed by atoms with Crippen LogP contribution in [0.1, 0.15) is 26.7 Å². The van der Waals surface area contributed by atoms with E-state index in [9.17, 15) is 0 Å². The lowest BCUT2D eigenvalue weighted by Gasteiger charge is -2.36. The Morgan fingerprint density at radius 2 is 2.33 bits per heavy atom. The predicted molar refractivity (Wildman–Crippen MR) is 51.6 cm³/mol. The fourth-order valence-electron chi connectivity index (χ4n) is 2.00. The molecular weight excluding hydrogens is 150 g/mol. The highest BCUT2D eigenvalue weighted by Crippen LogP contribution is 2.15. The number of rotatable bonds is 3. The quantitative estimate of drug-likeness (QED) is 0.482. The first-order valence-corrected chi connectivity index (χ1v) is 4.96. The van der Waals surface area contributed by atoms with E-state index in [0.29, 0.717) is 12.0 Å². The topological polar surface area (TPSA) is 41.3 Å². The molecule has 1 aliphatic heterocycles. The Morgan fingerprint density at radius 3 is 2.83 bits per heavy atom. The van der Waals surface area contributed by atoms with Gasteiger partial charge in [-0.25, -0.2) is 0 Å². The number of hydrazine groups is 1. The maximum absolute atomic E-state index is 5.44. The average Bonchev–Trinajstić information content (AvgIpc) is 2.05. The first-order valence-electron chi connectivity index (χ1n) is 4.96. The molecule has 0 aromatic heterocycles. The standard InChI is InChI=1S/C9H21N3/c1-3-5-12-6-4-9(11-10)8(2)7-12/h8-9,11H,3-7,10H2,1-2H3. The van der Waals surface area contributed by atoms with E-state index in [0.717, 1.165) is 0 Å². The molecule has 0 spiro atoms. The Labute approximate surface area is 75.3 Å². The lowest BCUT2D eigenvalue weighted by molar-refractivity contribution is 0.148. The summed E-state index contributed by atoms with van der Waals surface area (Å²) in [5, 5.41) is 0. The van der Waals surface area contributed by atoms with Gasteiger partial charge in [0.15, 0.2) is 0 Å². The highest BCUT2D eigenvalue weighted by atomic mass is 15.3. The van der Waals surface area contributed by atoms with Crippen LogP contribution in [0.3, 0.4) is 0 Å². The van der Waals surface area contributed by atoms with Crippen LogP contribution in [0.5, 0.6) is 0 Å². The highest BCUT2D eigenvalue weighted by Gasteiger charge is 2.23. The molecule has 1 saturated heterocycles. The molecule has 12 heavy (non-hydrogen) atoms. The summed E-state index contributed by atoms with van der Waals surface area (Å²) in [5.74, 6) is 6.13. The van der Waals surface area contributed by atoms with Crippen LogP contribution in [0.25, 0.3) is 0 Å². The molecule has 0 saturated carbocycles. The van der Waals surface area contributed by atoms with E-state index >= 15 is 0 Å². The zero-order valence-corrected chi connectivity index (χ0v) is 8.21. The molecule has 0 radical (unpaired) electrons. The van der Waals surface area contributed by atoms with Crippen molar-refractivity contribution in [2.24, 2.45) is 11.8 Å². The van der Waals surface area contributed by atoms with Gasteiger partial charge < -0.3 is 4.90 Å².